The molecule has 8 nitrogen and oxygen atoms in total. The van der Waals surface area contributed by atoms with E-state index in [0.29, 0.717) is 38.7 Å². The first-order valence-corrected chi connectivity index (χ1v) is 9.55. The van der Waals surface area contributed by atoms with Crippen LogP contribution in [0.2, 0.25) is 10.0 Å². The van der Waals surface area contributed by atoms with Crippen molar-refractivity contribution in [1.82, 2.24) is 19.6 Å². The summed E-state index contributed by atoms with van der Waals surface area (Å²) in [4.78, 5) is 11.9. The van der Waals surface area contributed by atoms with Crippen LogP contribution in [0.5, 0.6) is 11.6 Å². The summed E-state index contributed by atoms with van der Waals surface area (Å²) in [5.74, 6) is 0.426. The van der Waals surface area contributed by atoms with E-state index in [0.717, 1.165) is 0 Å². The lowest BCUT2D eigenvalue weighted by Crippen LogP contribution is -2.14. The SMILES string of the molecule is Cn1ccc(Oc2ccc(Nc3cn(-c4c(Cl)cccc4Cl)nc3C(N)=O)cc2)n1. The van der Waals surface area contributed by atoms with Crippen molar-refractivity contribution in [2.45, 2.75) is 0 Å². The topological polar surface area (TPSA) is 100.0 Å². The number of amides is 1. The Morgan fingerprint density at radius 2 is 1.77 bits per heavy atom. The highest BCUT2D eigenvalue weighted by atomic mass is 35.5. The van der Waals surface area contributed by atoms with Gasteiger partial charge in [0, 0.05) is 25.0 Å². The molecule has 2 aromatic heterocycles. The van der Waals surface area contributed by atoms with E-state index in [1.165, 1.54) is 4.68 Å². The lowest BCUT2D eigenvalue weighted by Gasteiger charge is -2.07. The van der Waals surface area contributed by atoms with Crippen molar-refractivity contribution >= 4 is 40.5 Å². The highest BCUT2D eigenvalue weighted by Gasteiger charge is 2.18. The predicted molar refractivity (Wildman–Crippen MR) is 115 cm³/mol. The Hall–Kier alpha value is -3.49. The number of halogens is 2. The Labute approximate surface area is 181 Å². The van der Waals surface area contributed by atoms with Crippen molar-refractivity contribution in [1.29, 1.82) is 0 Å². The van der Waals surface area contributed by atoms with E-state index in [9.17, 15) is 4.79 Å². The van der Waals surface area contributed by atoms with Gasteiger partial charge >= 0.3 is 0 Å². The van der Waals surface area contributed by atoms with Gasteiger partial charge in [0.15, 0.2) is 5.69 Å². The third-order valence-electron chi connectivity index (χ3n) is 4.16. The van der Waals surface area contributed by atoms with Crippen molar-refractivity contribution in [2.24, 2.45) is 12.8 Å². The van der Waals surface area contributed by atoms with Gasteiger partial charge in [-0.05, 0) is 36.4 Å². The number of carbonyl (C=O) groups is 1. The second-order valence-electron chi connectivity index (χ2n) is 6.35. The Bertz CT molecular complexity index is 1200. The summed E-state index contributed by atoms with van der Waals surface area (Å²) in [5.41, 5.74) is 7.13. The molecular weight excluding hydrogens is 427 g/mol. The van der Waals surface area contributed by atoms with Crippen molar-refractivity contribution in [3.05, 3.63) is 76.7 Å². The predicted octanol–water partition coefficient (Wildman–Crippen LogP) is 4.55. The van der Waals surface area contributed by atoms with E-state index in [-0.39, 0.29) is 5.69 Å². The lowest BCUT2D eigenvalue weighted by atomic mass is 10.2. The molecule has 2 heterocycles. The molecule has 0 saturated carbocycles. The summed E-state index contributed by atoms with van der Waals surface area (Å²) >= 11 is 12.5. The fourth-order valence-electron chi connectivity index (χ4n) is 2.80. The van der Waals surface area contributed by atoms with Crippen LogP contribution in [0.25, 0.3) is 5.69 Å². The molecule has 0 bridgehead atoms. The number of rotatable bonds is 6. The molecular formula is C20H16Cl2N6O2. The first-order valence-electron chi connectivity index (χ1n) is 8.79. The molecule has 152 valence electrons. The standard InChI is InChI=1S/C20H16Cl2N6O2/c1-27-10-9-17(25-27)30-13-7-5-12(6-8-13)24-16-11-28(26-18(16)20(23)29)19-14(21)3-2-4-15(19)22/h2-11,24H,1H3,(H2,23,29). The maximum Gasteiger partial charge on any atom is 0.271 e. The van der Waals surface area contributed by atoms with Gasteiger partial charge in [-0.3, -0.25) is 9.48 Å². The number of para-hydroxylation sites is 1. The summed E-state index contributed by atoms with van der Waals surface area (Å²) < 4.78 is 8.75. The minimum atomic E-state index is -0.686. The first-order chi connectivity index (χ1) is 14.4. The zero-order valence-corrected chi connectivity index (χ0v) is 17.2. The molecule has 30 heavy (non-hydrogen) atoms. The number of aryl methyl sites for hydroxylation is 1. The summed E-state index contributed by atoms with van der Waals surface area (Å²) in [6.07, 6.45) is 3.39. The normalized spacial score (nSPS) is 10.8. The van der Waals surface area contributed by atoms with E-state index >= 15 is 0 Å². The number of nitrogens with one attached hydrogen (secondary N) is 1. The molecule has 0 atom stereocenters. The molecule has 2 aromatic carbocycles. The van der Waals surface area contributed by atoms with Crippen molar-refractivity contribution in [3.63, 3.8) is 0 Å². The molecule has 0 fully saturated rings. The summed E-state index contributed by atoms with van der Waals surface area (Å²) in [6, 6.07) is 14.0. The average Bonchev–Trinajstić information content (AvgIpc) is 3.29. The molecule has 3 N–H and O–H groups in total. The quantitative estimate of drug-likeness (QED) is 0.456. The second-order valence-corrected chi connectivity index (χ2v) is 7.16. The van der Waals surface area contributed by atoms with Crippen LogP contribution in [-0.2, 0) is 7.05 Å². The fraction of sp³-hybridized carbons (Fsp3) is 0.0500. The molecule has 1 amide bonds. The zero-order chi connectivity index (χ0) is 21.3. The highest BCUT2D eigenvalue weighted by Crippen LogP contribution is 2.31. The van der Waals surface area contributed by atoms with Gasteiger partial charge in [-0.25, -0.2) is 4.68 Å². The number of carbonyl (C=O) groups excluding carboxylic acids is 1. The number of hydrogen-bond donors (Lipinski definition) is 2. The van der Waals surface area contributed by atoms with Crippen molar-refractivity contribution in [3.8, 4) is 17.3 Å². The monoisotopic (exact) mass is 442 g/mol. The van der Waals surface area contributed by atoms with E-state index in [1.807, 2.05) is 7.05 Å². The summed E-state index contributed by atoms with van der Waals surface area (Å²) in [7, 11) is 1.81. The maximum absolute atomic E-state index is 11.9. The number of aromatic nitrogens is 4. The van der Waals surface area contributed by atoms with E-state index in [1.54, 1.807) is 65.6 Å². The van der Waals surface area contributed by atoms with Crippen LogP contribution in [0.3, 0.4) is 0 Å². The van der Waals surface area contributed by atoms with Crippen LogP contribution >= 0.6 is 23.2 Å². The van der Waals surface area contributed by atoms with E-state index < -0.39 is 5.91 Å². The van der Waals surface area contributed by atoms with E-state index in [4.69, 9.17) is 33.7 Å². The molecule has 4 rings (SSSR count). The average molecular weight is 443 g/mol. The third kappa shape index (κ3) is 4.10. The smallest absolute Gasteiger partial charge is 0.271 e. The summed E-state index contributed by atoms with van der Waals surface area (Å²) in [5, 5.41) is 12.3. The van der Waals surface area contributed by atoms with Gasteiger partial charge in [-0.1, -0.05) is 29.3 Å². The van der Waals surface area contributed by atoms with Gasteiger partial charge in [0.25, 0.3) is 5.91 Å². The van der Waals surface area contributed by atoms with Crippen LogP contribution in [0.15, 0.2) is 60.9 Å². The van der Waals surface area contributed by atoms with E-state index in [2.05, 4.69) is 15.5 Å². The molecule has 10 heteroatoms. The molecule has 0 aliphatic carbocycles. The zero-order valence-electron chi connectivity index (χ0n) is 15.7. The molecule has 0 aliphatic heterocycles. The Morgan fingerprint density at radius 1 is 1.07 bits per heavy atom. The largest absolute Gasteiger partial charge is 0.438 e. The van der Waals surface area contributed by atoms with Gasteiger partial charge in [0.2, 0.25) is 5.88 Å². The Kier molecular flexibility index (Phi) is 5.35. The van der Waals surface area contributed by atoms with Crippen molar-refractivity contribution < 1.29 is 9.53 Å². The Morgan fingerprint density at radius 3 is 2.37 bits per heavy atom. The molecule has 4 aromatic rings. The number of primary amides is 1. The number of ether oxygens (including phenoxy) is 1. The van der Waals surface area contributed by atoms with Gasteiger partial charge in [-0.2, -0.15) is 5.10 Å². The Balaban J connectivity index is 1.59. The number of nitrogens with zero attached hydrogens (tertiary/aromatic N) is 4. The van der Waals surface area contributed by atoms with Crippen LogP contribution in [0, 0.1) is 0 Å². The first kappa shape index (κ1) is 19.8. The number of nitrogens with two attached hydrogens (primary N) is 1. The minimum absolute atomic E-state index is 0.0554. The van der Waals surface area contributed by atoms with Gasteiger partial charge in [-0.15, -0.1) is 5.10 Å². The summed E-state index contributed by atoms with van der Waals surface area (Å²) in [6.45, 7) is 0. The second kappa shape index (κ2) is 8.10. The number of benzene rings is 2. The molecule has 0 saturated heterocycles. The van der Waals surface area contributed by atoms with Crippen LogP contribution in [0.1, 0.15) is 10.5 Å². The maximum atomic E-state index is 11.9. The molecule has 0 unspecified atom stereocenters. The molecule has 0 aliphatic rings. The van der Waals surface area contributed by atoms with Gasteiger partial charge in [0.05, 0.1) is 21.9 Å². The number of hydrogen-bond acceptors (Lipinski definition) is 5. The van der Waals surface area contributed by atoms with Gasteiger partial charge in [0.1, 0.15) is 11.4 Å². The molecule has 0 radical (unpaired) electrons. The van der Waals surface area contributed by atoms with Crippen LogP contribution in [0.4, 0.5) is 11.4 Å². The highest BCUT2D eigenvalue weighted by molar-refractivity contribution is 6.37. The third-order valence-corrected chi connectivity index (χ3v) is 4.77. The van der Waals surface area contributed by atoms with Crippen LogP contribution in [-0.4, -0.2) is 25.5 Å². The lowest BCUT2D eigenvalue weighted by molar-refractivity contribution is 0.0996. The minimum Gasteiger partial charge on any atom is -0.438 e. The van der Waals surface area contributed by atoms with Crippen LogP contribution < -0.4 is 15.8 Å². The molecule has 0 spiro atoms. The number of anilines is 2. The van der Waals surface area contributed by atoms with Crippen molar-refractivity contribution in [2.75, 3.05) is 5.32 Å². The van der Waals surface area contributed by atoms with Gasteiger partial charge < -0.3 is 15.8 Å². The fourth-order valence-corrected chi connectivity index (χ4v) is 3.37.